The molecule has 0 unspecified atom stereocenters. The van der Waals surface area contributed by atoms with Gasteiger partial charge in [-0.15, -0.1) is 0 Å². The van der Waals surface area contributed by atoms with Gasteiger partial charge in [0, 0.05) is 23.6 Å². The molecule has 0 fully saturated rings. The molecule has 2 heterocycles. The number of benzene rings is 2. The lowest BCUT2D eigenvalue weighted by molar-refractivity contribution is 0.678. The van der Waals surface area contributed by atoms with Crippen molar-refractivity contribution in [1.29, 1.82) is 0 Å². The molecule has 0 spiro atoms. The maximum absolute atomic E-state index is 12.6. The lowest BCUT2D eigenvalue weighted by Gasteiger charge is -2.12. The Bertz CT molecular complexity index is 1200. The van der Waals surface area contributed by atoms with Gasteiger partial charge < -0.3 is 9.55 Å². The average molecular weight is 331 g/mol. The van der Waals surface area contributed by atoms with Gasteiger partial charge in [-0.05, 0) is 24.6 Å². The number of para-hydroxylation sites is 2. The van der Waals surface area contributed by atoms with Gasteiger partial charge in [-0.25, -0.2) is 4.98 Å². The third-order valence-electron chi connectivity index (χ3n) is 4.33. The van der Waals surface area contributed by atoms with Gasteiger partial charge in [0.15, 0.2) is 0 Å². The van der Waals surface area contributed by atoms with Crippen molar-refractivity contribution in [2.75, 3.05) is 0 Å². The maximum atomic E-state index is 12.6. The molecule has 0 bridgehead atoms. The van der Waals surface area contributed by atoms with Crippen LogP contribution in [-0.4, -0.2) is 14.5 Å². The normalized spacial score (nSPS) is 11.2. The predicted molar refractivity (Wildman–Crippen MR) is 99.9 cm³/mol. The molecule has 0 aliphatic rings. The zero-order chi connectivity index (χ0) is 17.4. The molecule has 0 saturated carbocycles. The Morgan fingerprint density at radius 2 is 1.72 bits per heavy atom. The first-order valence-electron chi connectivity index (χ1n) is 8.31. The summed E-state index contributed by atoms with van der Waals surface area (Å²) >= 11 is 0. The van der Waals surface area contributed by atoms with E-state index in [9.17, 15) is 9.59 Å². The average Bonchev–Trinajstić information content (AvgIpc) is 2.64. The highest BCUT2D eigenvalue weighted by atomic mass is 16.1. The van der Waals surface area contributed by atoms with Crippen LogP contribution in [0.25, 0.3) is 33.2 Å². The maximum Gasteiger partial charge on any atom is 0.259 e. The molecule has 0 saturated heterocycles. The second-order valence-corrected chi connectivity index (χ2v) is 6.00. The van der Waals surface area contributed by atoms with E-state index in [1.807, 2.05) is 37.3 Å². The van der Waals surface area contributed by atoms with Gasteiger partial charge in [0.2, 0.25) is 0 Å². The smallest absolute Gasteiger partial charge is 0.259 e. The minimum Gasteiger partial charge on any atom is -0.308 e. The van der Waals surface area contributed by atoms with Crippen molar-refractivity contribution in [1.82, 2.24) is 14.5 Å². The number of fused-ring (bicyclic) bond motifs is 2. The summed E-state index contributed by atoms with van der Waals surface area (Å²) in [4.78, 5) is 32.4. The van der Waals surface area contributed by atoms with Crippen LogP contribution in [0.4, 0.5) is 0 Å². The summed E-state index contributed by atoms with van der Waals surface area (Å²) in [5, 5.41) is 1.43. The van der Waals surface area contributed by atoms with E-state index in [1.165, 1.54) is 0 Å². The summed E-state index contributed by atoms with van der Waals surface area (Å²) < 4.78 is 1.76. The van der Waals surface area contributed by atoms with Gasteiger partial charge in [-0.3, -0.25) is 9.59 Å². The fourth-order valence-corrected chi connectivity index (χ4v) is 3.20. The third kappa shape index (κ3) is 2.54. The summed E-state index contributed by atoms with van der Waals surface area (Å²) in [5.41, 5.74) is 1.82. The van der Waals surface area contributed by atoms with Crippen LogP contribution in [0.2, 0.25) is 0 Å². The van der Waals surface area contributed by atoms with Crippen LogP contribution in [0, 0.1) is 0 Å². The van der Waals surface area contributed by atoms with Crippen LogP contribution in [0.3, 0.4) is 0 Å². The highest BCUT2D eigenvalue weighted by Crippen LogP contribution is 2.25. The Hall–Kier alpha value is -3.21. The van der Waals surface area contributed by atoms with Crippen molar-refractivity contribution in [3.63, 3.8) is 0 Å². The molecule has 0 atom stereocenters. The zero-order valence-corrected chi connectivity index (χ0v) is 13.8. The fourth-order valence-electron chi connectivity index (χ4n) is 3.20. The molecule has 5 nitrogen and oxygen atoms in total. The van der Waals surface area contributed by atoms with Gasteiger partial charge in [0.1, 0.15) is 5.82 Å². The minimum absolute atomic E-state index is 0.0913. The molecular formula is C20H17N3O2. The molecule has 124 valence electrons. The van der Waals surface area contributed by atoms with Crippen molar-refractivity contribution >= 4 is 21.8 Å². The summed E-state index contributed by atoms with van der Waals surface area (Å²) in [6, 6.07) is 16.5. The van der Waals surface area contributed by atoms with E-state index in [2.05, 4.69) is 9.97 Å². The molecule has 0 aliphatic heterocycles. The number of aromatic amines is 1. The molecule has 2 aromatic carbocycles. The summed E-state index contributed by atoms with van der Waals surface area (Å²) in [6.07, 6.45) is 0.869. The number of H-pyrrole nitrogens is 1. The second-order valence-electron chi connectivity index (χ2n) is 6.00. The van der Waals surface area contributed by atoms with Crippen LogP contribution in [0.15, 0.2) is 64.2 Å². The van der Waals surface area contributed by atoms with E-state index >= 15 is 0 Å². The Morgan fingerprint density at radius 3 is 2.52 bits per heavy atom. The topological polar surface area (TPSA) is 67.8 Å². The lowest BCUT2D eigenvalue weighted by Crippen LogP contribution is -2.20. The number of hydrogen-bond donors (Lipinski definition) is 1. The van der Waals surface area contributed by atoms with Gasteiger partial charge >= 0.3 is 0 Å². The fraction of sp³-hybridized carbons (Fsp3) is 0.150. The van der Waals surface area contributed by atoms with Crippen LogP contribution < -0.4 is 11.1 Å². The van der Waals surface area contributed by atoms with E-state index in [-0.39, 0.29) is 11.1 Å². The Kier molecular flexibility index (Phi) is 3.69. The molecule has 0 aliphatic carbocycles. The lowest BCUT2D eigenvalue weighted by atomic mass is 10.1. The van der Waals surface area contributed by atoms with Gasteiger partial charge in [0.05, 0.1) is 16.4 Å². The van der Waals surface area contributed by atoms with Crippen molar-refractivity contribution in [3.8, 4) is 11.4 Å². The highest BCUT2D eigenvalue weighted by molar-refractivity contribution is 5.93. The molecule has 25 heavy (non-hydrogen) atoms. The predicted octanol–water partition coefficient (Wildman–Crippen LogP) is 3.32. The minimum atomic E-state index is -0.206. The highest BCUT2D eigenvalue weighted by Gasteiger charge is 2.13. The van der Waals surface area contributed by atoms with Gasteiger partial charge in [0.25, 0.3) is 11.1 Å². The first kappa shape index (κ1) is 15.3. The quantitative estimate of drug-likeness (QED) is 0.626. The summed E-state index contributed by atoms with van der Waals surface area (Å²) in [7, 11) is 0. The van der Waals surface area contributed by atoms with E-state index < -0.39 is 0 Å². The zero-order valence-electron chi connectivity index (χ0n) is 13.8. The molecule has 0 amide bonds. The number of rotatable bonds is 3. The van der Waals surface area contributed by atoms with E-state index in [0.29, 0.717) is 28.8 Å². The van der Waals surface area contributed by atoms with E-state index in [1.54, 1.807) is 28.8 Å². The Morgan fingerprint density at radius 1 is 1.00 bits per heavy atom. The second kappa shape index (κ2) is 6.02. The van der Waals surface area contributed by atoms with Gasteiger partial charge in [-0.1, -0.05) is 37.3 Å². The molecule has 4 rings (SSSR count). The van der Waals surface area contributed by atoms with Crippen molar-refractivity contribution in [2.24, 2.45) is 0 Å². The molecule has 2 aromatic heterocycles. The largest absolute Gasteiger partial charge is 0.308 e. The number of nitrogens with one attached hydrogen (secondary N) is 1. The molecule has 0 radical (unpaired) electrons. The first-order chi connectivity index (χ1) is 12.2. The summed E-state index contributed by atoms with van der Waals surface area (Å²) in [6.45, 7) is 2.69. The van der Waals surface area contributed by atoms with Crippen LogP contribution in [0.1, 0.15) is 13.3 Å². The molecule has 1 N–H and O–H groups in total. The first-order valence-corrected chi connectivity index (χ1v) is 8.31. The van der Waals surface area contributed by atoms with E-state index in [0.717, 1.165) is 17.3 Å². The Labute approximate surface area is 143 Å². The van der Waals surface area contributed by atoms with Crippen LogP contribution >= 0.6 is 0 Å². The molecule has 5 heteroatoms. The SMILES string of the molecule is CCCn1c(=O)cc(-c2nc3ccccc3c(=O)[nH]2)c2ccccc21. The van der Waals surface area contributed by atoms with Crippen LogP contribution in [-0.2, 0) is 6.54 Å². The number of aromatic nitrogens is 3. The number of aryl methyl sites for hydroxylation is 1. The van der Waals surface area contributed by atoms with Gasteiger partial charge in [-0.2, -0.15) is 0 Å². The number of nitrogens with zero attached hydrogens (tertiary/aromatic N) is 2. The number of hydrogen-bond acceptors (Lipinski definition) is 3. The third-order valence-corrected chi connectivity index (χ3v) is 4.33. The molecule has 4 aromatic rings. The van der Waals surface area contributed by atoms with E-state index in [4.69, 9.17) is 0 Å². The monoisotopic (exact) mass is 331 g/mol. The Balaban J connectivity index is 2.07. The van der Waals surface area contributed by atoms with Crippen molar-refractivity contribution < 1.29 is 0 Å². The molecular weight excluding hydrogens is 314 g/mol. The van der Waals surface area contributed by atoms with Crippen molar-refractivity contribution in [3.05, 3.63) is 75.3 Å². The number of pyridine rings is 1. The van der Waals surface area contributed by atoms with Crippen LogP contribution in [0.5, 0.6) is 0 Å². The standard InChI is InChI=1S/C20H17N3O2/c1-2-11-23-17-10-6-4-7-13(17)15(12-18(23)24)19-21-16-9-5-3-8-14(16)20(25)22-19/h3-10,12H,2,11H2,1H3,(H,21,22,25). The summed E-state index contributed by atoms with van der Waals surface area (Å²) in [5.74, 6) is 0.417. The van der Waals surface area contributed by atoms with Crippen molar-refractivity contribution in [2.45, 2.75) is 19.9 Å².